The van der Waals surface area contributed by atoms with Crippen LogP contribution in [0.2, 0.25) is 0 Å². The van der Waals surface area contributed by atoms with Crippen molar-refractivity contribution >= 4 is 11.9 Å². The molecule has 1 heterocycles. The number of ether oxygens (including phenoxy) is 4. The minimum atomic E-state index is -1.16. The second-order valence-electron chi connectivity index (χ2n) is 2.60. The highest BCUT2D eigenvalue weighted by Gasteiger charge is 2.32. The summed E-state index contributed by atoms with van der Waals surface area (Å²) >= 11 is 0. The van der Waals surface area contributed by atoms with E-state index in [2.05, 4.69) is 0 Å². The smallest absolute Gasteiger partial charge is 0.329 e. The first-order valence-corrected chi connectivity index (χ1v) is 3.99. The molecule has 0 amide bonds. The molecule has 0 aromatic carbocycles. The second kappa shape index (κ2) is 5.61. The van der Waals surface area contributed by atoms with Crippen LogP contribution in [0.3, 0.4) is 0 Å². The van der Waals surface area contributed by atoms with Crippen LogP contribution in [0.25, 0.3) is 0 Å². The van der Waals surface area contributed by atoms with Gasteiger partial charge in [0.1, 0.15) is 13.2 Å². The van der Waals surface area contributed by atoms with Gasteiger partial charge < -0.3 is 29.2 Å². The van der Waals surface area contributed by atoms with Crippen molar-refractivity contribution in [3.05, 3.63) is 0 Å². The fourth-order valence-corrected chi connectivity index (χ4v) is 0.891. The Morgan fingerprint density at radius 2 is 1.47 bits per heavy atom. The van der Waals surface area contributed by atoms with Gasteiger partial charge in [-0.1, -0.05) is 0 Å². The normalized spacial score (nSPS) is 25.3. The summed E-state index contributed by atoms with van der Waals surface area (Å²) < 4.78 is 19.1. The number of carbonyl (C=O) groups is 2. The van der Waals surface area contributed by atoms with E-state index in [4.69, 9.17) is 29.2 Å². The highest BCUT2D eigenvalue weighted by Crippen LogP contribution is 2.15. The van der Waals surface area contributed by atoms with Crippen molar-refractivity contribution in [1.82, 2.24) is 0 Å². The van der Waals surface area contributed by atoms with Crippen LogP contribution in [0.4, 0.5) is 0 Å². The first-order valence-electron chi connectivity index (χ1n) is 3.99. The van der Waals surface area contributed by atoms with Gasteiger partial charge in [0, 0.05) is 0 Å². The average Bonchev–Trinajstić information content (AvgIpc) is 2.58. The lowest BCUT2D eigenvalue weighted by atomic mass is 10.6. The zero-order chi connectivity index (χ0) is 11.3. The number of rotatable bonds is 6. The van der Waals surface area contributed by atoms with Crippen molar-refractivity contribution < 1.29 is 38.7 Å². The molecule has 0 spiro atoms. The third kappa shape index (κ3) is 4.21. The van der Waals surface area contributed by atoms with E-state index in [1.165, 1.54) is 0 Å². The fraction of sp³-hybridized carbons (Fsp3) is 0.714. The zero-order valence-corrected chi connectivity index (χ0v) is 7.62. The zero-order valence-electron chi connectivity index (χ0n) is 7.62. The van der Waals surface area contributed by atoms with Gasteiger partial charge >= 0.3 is 11.9 Å². The molecule has 8 nitrogen and oxygen atoms in total. The summed E-state index contributed by atoms with van der Waals surface area (Å²) in [6.45, 7) is -1.27. The largest absolute Gasteiger partial charge is 0.480 e. The van der Waals surface area contributed by atoms with Gasteiger partial charge in [0.15, 0.2) is 6.79 Å². The second-order valence-corrected chi connectivity index (χ2v) is 2.60. The van der Waals surface area contributed by atoms with E-state index in [1.54, 1.807) is 0 Å². The lowest BCUT2D eigenvalue weighted by Gasteiger charge is -2.15. The summed E-state index contributed by atoms with van der Waals surface area (Å²) in [7, 11) is 0. The van der Waals surface area contributed by atoms with E-state index in [9.17, 15) is 9.59 Å². The Kier molecular flexibility index (Phi) is 4.43. The van der Waals surface area contributed by atoms with Crippen LogP contribution in [0.15, 0.2) is 0 Å². The van der Waals surface area contributed by atoms with Gasteiger partial charge in [-0.2, -0.15) is 0 Å². The molecule has 2 N–H and O–H groups in total. The maximum Gasteiger partial charge on any atom is 0.329 e. The molecule has 15 heavy (non-hydrogen) atoms. The number of carboxylic acids is 2. The molecule has 1 rings (SSSR count). The van der Waals surface area contributed by atoms with Crippen LogP contribution >= 0.6 is 0 Å². The number of aliphatic carboxylic acids is 2. The molecule has 2 unspecified atom stereocenters. The summed E-state index contributed by atoms with van der Waals surface area (Å²) in [5, 5.41) is 16.6. The van der Waals surface area contributed by atoms with Gasteiger partial charge in [-0.05, 0) is 0 Å². The SMILES string of the molecule is O=C(O)COC1OCOC1OCC(=O)O. The molecular weight excluding hydrogens is 212 g/mol. The molecule has 1 aliphatic rings. The Balaban J connectivity index is 2.29. The average molecular weight is 222 g/mol. The Labute approximate surface area is 84.3 Å². The van der Waals surface area contributed by atoms with E-state index in [0.717, 1.165) is 0 Å². The fourth-order valence-electron chi connectivity index (χ4n) is 0.891. The van der Waals surface area contributed by atoms with Crippen LogP contribution in [0.5, 0.6) is 0 Å². The summed E-state index contributed by atoms with van der Waals surface area (Å²) in [5.41, 5.74) is 0. The Bertz CT molecular complexity index is 215. The van der Waals surface area contributed by atoms with E-state index in [1.807, 2.05) is 0 Å². The van der Waals surface area contributed by atoms with Gasteiger partial charge in [-0.3, -0.25) is 0 Å². The van der Waals surface area contributed by atoms with Crippen LogP contribution < -0.4 is 0 Å². The Morgan fingerprint density at radius 3 is 1.80 bits per heavy atom. The maximum absolute atomic E-state index is 10.2. The number of hydrogen-bond donors (Lipinski definition) is 2. The molecule has 86 valence electrons. The maximum atomic E-state index is 10.2. The van der Waals surface area contributed by atoms with Crippen LogP contribution in [0.1, 0.15) is 0 Å². The summed E-state index contributed by atoms with van der Waals surface area (Å²) in [6.07, 6.45) is -2.03. The van der Waals surface area contributed by atoms with E-state index in [-0.39, 0.29) is 6.79 Å². The Morgan fingerprint density at radius 1 is 1.07 bits per heavy atom. The van der Waals surface area contributed by atoms with E-state index < -0.39 is 37.7 Å². The number of carboxylic acid groups (broad SMARTS) is 2. The van der Waals surface area contributed by atoms with Gasteiger partial charge in [-0.15, -0.1) is 0 Å². The third-order valence-corrected chi connectivity index (χ3v) is 1.43. The molecule has 1 fully saturated rings. The topological polar surface area (TPSA) is 112 Å². The van der Waals surface area contributed by atoms with Crippen molar-refractivity contribution in [2.75, 3.05) is 20.0 Å². The summed E-state index contributed by atoms with van der Waals surface area (Å²) in [6, 6.07) is 0. The Hall–Kier alpha value is -1.22. The molecule has 0 aliphatic carbocycles. The molecule has 2 atom stereocenters. The van der Waals surface area contributed by atoms with Crippen LogP contribution in [0, 0.1) is 0 Å². The summed E-state index contributed by atoms with van der Waals surface area (Å²) in [5.74, 6) is -2.33. The first kappa shape index (κ1) is 11.9. The lowest BCUT2D eigenvalue weighted by Crippen LogP contribution is -2.31. The van der Waals surface area contributed by atoms with E-state index in [0.29, 0.717) is 0 Å². The lowest BCUT2D eigenvalue weighted by molar-refractivity contribution is -0.200. The van der Waals surface area contributed by atoms with Gasteiger partial charge in [0.2, 0.25) is 12.6 Å². The predicted molar refractivity (Wildman–Crippen MR) is 41.8 cm³/mol. The molecule has 0 aromatic heterocycles. The van der Waals surface area contributed by atoms with E-state index >= 15 is 0 Å². The standard InChI is InChI=1S/C7H10O8/c8-4(9)1-12-6-7(15-3-14-6)13-2-5(10)11/h6-7H,1-3H2,(H,8,9)(H,10,11). The van der Waals surface area contributed by atoms with Crippen LogP contribution in [-0.4, -0.2) is 54.7 Å². The van der Waals surface area contributed by atoms with Crippen molar-refractivity contribution in [3.8, 4) is 0 Å². The molecule has 0 bridgehead atoms. The van der Waals surface area contributed by atoms with Gasteiger partial charge in [-0.25, -0.2) is 9.59 Å². The van der Waals surface area contributed by atoms with Gasteiger partial charge in [0.25, 0.3) is 0 Å². The molecule has 0 aromatic rings. The highest BCUT2D eigenvalue weighted by molar-refractivity contribution is 5.68. The molecule has 8 heteroatoms. The minimum absolute atomic E-state index is 0.130. The highest BCUT2D eigenvalue weighted by atomic mass is 16.9. The van der Waals surface area contributed by atoms with Crippen LogP contribution in [-0.2, 0) is 28.5 Å². The molecule has 0 saturated carbocycles. The third-order valence-electron chi connectivity index (χ3n) is 1.43. The summed E-state index contributed by atoms with van der Waals surface area (Å²) in [4.78, 5) is 20.3. The first-order chi connectivity index (χ1) is 7.09. The quantitative estimate of drug-likeness (QED) is 0.579. The van der Waals surface area contributed by atoms with Crippen molar-refractivity contribution in [2.45, 2.75) is 12.6 Å². The van der Waals surface area contributed by atoms with Crippen molar-refractivity contribution in [1.29, 1.82) is 0 Å². The molecule has 1 aliphatic heterocycles. The molecule has 1 saturated heterocycles. The van der Waals surface area contributed by atoms with Crippen molar-refractivity contribution in [2.24, 2.45) is 0 Å². The monoisotopic (exact) mass is 222 g/mol. The minimum Gasteiger partial charge on any atom is -0.480 e. The van der Waals surface area contributed by atoms with Gasteiger partial charge in [0.05, 0.1) is 0 Å². The molecule has 0 radical (unpaired) electrons. The predicted octanol–water partition coefficient (Wildman–Crippen LogP) is -1.15. The number of hydrogen-bond acceptors (Lipinski definition) is 6. The van der Waals surface area contributed by atoms with Crippen molar-refractivity contribution in [3.63, 3.8) is 0 Å². The molecular formula is C7H10O8.